The molecule has 0 fully saturated rings. The van der Waals surface area contributed by atoms with Crippen LogP contribution in [0, 0.1) is 5.95 Å². The monoisotopic (exact) mass is 211 g/mol. The van der Waals surface area contributed by atoms with Crippen molar-refractivity contribution in [3.63, 3.8) is 0 Å². The Morgan fingerprint density at radius 3 is 2.85 bits per heavy atom. The fourth-order valence-electron chi connectivity index (χ4n) is 0.871. The lowest BCUT2D eigenvalue weighted by Gasteiger charge is -1.95. The van der Waals surface area contributed by atoms with Crippen LogP contribution in [0.3, 0.4) is 0 Å². The van der Waals surface area contributed by atoms with Gasteiger partial charge in [-0.25, -0.2) is 4.98 Å². The third-order valence-corrected chi connectivity index (χ3v) is 3.36. The molecule has 0 aliphatic carbocycles. The summed E-state index contributed by atoms with van der Waals surface area (Å²) < 4.78 is 13.8. The topological polar surface area (TPSA) is 12.9 Å². The molecule has 0 unspecified atom stereocenters. The quantitative estimate of drug-likeness (QED) is 0.706. The number of pyridine rings is 1. The molecule has 1 nitrogen and oxygen atoms in total. The molecule has 0 atom stereocenters. The molecule has 0 radical (unpaired) electrons. The summed E-state index contributed by atoms with van der Waals surface area (Å²) in [6, 6.07) is 8.76. The lowest BCUT2D eigenvalue weighted by Crippen LogP contribution is -1.82. The number of rotatable bonds is 2. The summed E-state index contributed by atoms with van der Waals surface area (Å²) in [5.41, 5.74) is 0. The normalized spacial score (nSPS) is 10.2. The number of aromatic nitrogens is 1. The molecule has 0 spiro atoms. The average Bonchev–Trinajstić information content (AvgIpc) is 2.57. The Balaban J connectivity index is 2.19. The number of hydrogen-bond donors (Lipinski definition) is 0. The second kappa shape index (κ2) is 3.89. The fraction of sp³-hybridized carbons (Fsp3) is 0. The lowest BCUT2D eigenvalue weighted by molar-refractivity contribution is 0.572. The molecule has 2 heterocycles. The van der Waals surface area contributed by atoms with Crippen molar-refractivity contribution >= 4 is 23.1 Å². The van der Waals surface area contributed by atoms with Gasteiger partial charge in [-0.1, -0.05) is 23.9 Å². The van der Waals surface area contributed by atoms with E-state index in [9.17, 15) is 4.39 Å². The van der Waals surface area contributed by atoms with Crippen molar-refractivity contribution < 1.29 is 4.39 Å². The number of nitrogens with zero attached hydrogens (tertiary/aromatic N) is 1. The number of hydrogen-bond acceptors (Lipinski definition) is 3. The molecule has 0 aromatic carbocycles. The van der Waals surface area contributed by atoms with E-state index in [-0.39, 0.29) is 0 Å². The van der Waals surface area contributed by atoms with Crippen molar-refractivity contribution in [3.05, 3.63) is 41.7 Å². The van der Waals surface area contributed by atoms with Gasteiger partial charge in [0.1, 0.15) is 5.03 Å². The molecule has 66 valence electrons. The molecule has 0 bridgehead atoms. The van der Waals surface area contributed by atoms with Crippen molar-refractivity contribution in [3.8, 4) is 0 Å². The first-order chi connectivity index (χ1) is 6.34. The maximum Gasteiger partial charge on any atom is 0.213 e. The minimum Gasteiger partial charge on any atom is -0.213 e. The molecular weight excluding hydrogens is 205 g/mol. The highest BCUT2D eigenvalue weighted by molar-refractivity contribution is 8.01. The van der Waals surface area contributed by atoms with E-state index >= 15 is 0 Å². The summed E-state index contributed by atoms with van der Waals surface area (Å²) in [4.78, 5) is 3.75. The van der Waals surface area contributed by atoms with Crippen LogP contribution >= 0.6 is 23.1 Å². The Hall–Kier alpha value is -0.870. The Morgan fingerprint density at radius 1 is 1.23 bits per heavy atom. The molecule has 0 saturated carbocycles. The zero-order valence-electron chi connectivity index (χ0n) is 6.61. The molecule has 0 aliphatic rings. The molecule has 2 aromatic heterocycles. The van der Waals surface area contributed by atoms with Gasteiger partial charge in [-0.05, 0) is 23.6 Å². The predicted molar refractivity (Wildman–Crippen MR) is 52.6 cm³/mol. The van der Waals surface area contributed by atoms with E-state index in [1.807, 2.05) is 17.5 Å². The first-order valence-electron chi connectivity index (χ1n) is 3.68. The van der Waals surface area contributed by atoms with Crippen LogP contribution < -0.4 is 0 Å². The molecule has 2 rings (SSSR count). The van der Waals surface area contributed by atoms with E-state index in [4.69, 9.17) is 0 Å². The van der Waals surface area contributed by atoms with Crippen molar-refractivity contribution in [2.24, 2.45) is 0 Å². The van der Waals surface area contributed by atoms with Gasteiger partial charge in [0.2, 0.25) is 5.95 Å². The van der Waals surface area contributed by atoms with Gasteiger partial charge in [-0.15, -0.1) is 11.3 Å². The van der Waals surface area contributed by atoms with Crippen molar-refractivity contribution in [2.45, 2.75) is 9.24 Å². The van der Waals surface area contributed by atoms with Gasteiger partial charge in [0.05, 0.1) is 4.21 Å². The molecule has 4 heteroatoms. The summed E-state index contributed by atoms with van der Waals surface area (Å²) in [6.07, 6.45) is 0. The third kappa shape index (κ3) is 2.29. The zero-order valence-corrected chi connectivity index (χ0v) is 8.24. The van der Waals surface area contributed by atoms with Crippen LogP contribution in [0.4, 0.5) is 4.39 Å². The van der Waals surface area contributed by atoms with E-state index in [1.54, 1.807) is 23.5 Å². The van der Waals surface area contributed by atoms with Crippen LogP contribution in [-0.4, -0.2) is 4.98 Å². The second-order valence-electron chi connectivity index (χ2n) is 2.33. The van der Waals surface area contributed by atoms with Gasteiger partial charge < -0.3 is 0 Å². The van der Waals surface area contributed by atoms with Crippen molar-refractivity contribution in [1.82, 2.24) is 4.98 Å². The molecule has 0 N–H and O–H groups in total. The first-order valence-corrected chi connectivity index (χ1v) is 5.38. The highest BCUT2D eigenvalue weighted by atomic mass is 32.2. The Kier molecular flexibility index (Phi) is 2.61. The molecule has 0 saturated heterocycles. The maximum atomic E-state index is 12.7. The van der Waals surface area contributed by atoms with Gasteiger partial charge in [0.25, 0.3) is 0 Å². The van der Waals surface area contributed by atoms with Gasteiger partial charge in [-0.2, -0.15) is 4.39 Å². The maximum absolute atomic E-state index is 12.7. The molecule has 0 aliphatic heterocycles. The first kappa shape index (κ1) is 8.72. The Bertz CT molecular complexity index is 386. The van der Waals surface area contributed by atoms with E-state index in [2.05, 4.69) is 4.98 Å². The van der Waals surface area contributed by atoms with Crippen LogP contribution in [0.15, 0.2) is 44.9 Å². The standard InChI is InChI=1S/C9H6FNS2/c10-7-3-1-4-8(11-7)13-9-5-2-6-12-9/h1-6H. The molecule has 0 amide bonds. The van der Waals surface area contributed by atoms with E-state index < -0.39 is 5.95 Å². The van der Waals surface area contributed by atoms with E-state index in [0.29, 0.717) is 5.03 Å². The summed E-state index contributed by atoms with van der Waals surface area (Å²) in [7, 11) is 0. The molecular formula is C9H6FNS2. The highest BCUT2D eigenvalue weighted by Crippen LogP contribution is 2.29. The minimum atomic E-state index is -0.429. The predicted octanol–water partition coefficient (Wildman–Crippen LogP) is 3.43. The van der Waals surface area contributed by atoms with Gasteiger partial charge >= 0.3 is 0 Å². The lowest BCUT2D eigenvalue weighted by atomic mass is 10.5. The summed E-state index contributed by atoms with van der Waals surface area (Å²) in [5, 5.41) is 2.68. The van der Waals surface area contributed by atoms with Crippen molar-refractivity contribution in [2.75, 3.05) is 0 Å². The SMILES string of the molecule is Fc1cccc(Sc2cccs2)n1. The van der Waals surface area contributed by atoms with Gasteiger partial charge in [0.15, 0.2) is 0 Å². The summed E-state index contributed by atoms with van der Waals surface area (Å²) >= 11 is 3.10. The minimum absolute atomic E-state index is 0.429. The Labute approximate surface area is 83.6 Å². The highest BCUT2D eigenvalue weighted by Gasteiger charge is 1.99. The summed E-state index contributed by atoms with van der Waals surface area (Å²) in [6.45, 7) is 0. The fourth-order valence-corrected chi connectivity index (χ4v) is 2.57. The smallest absolute Gasteiger partial charge is 0.213 e. The summed E-state index contributed by atoms with van der Waals surface area (Å²) in [5.74, 6) is -0.429. The zero-order chi connectivity index (χ0) is 9.10. The Morgan fingerprint density at radius 2 is 2.15 bits per heavy atom. The average molecular weight is 211 g/mol. The third-order valence-electron chi connectivity index (χ3n) is 1.39. The van der Waals surface area contributed by atoms with Crippen LogP contribution in [0.25, 0.3) is 0 Å². The van der Waals surface area contributed by atoms with Gasteiger partial charge in [0, 0.05) is 0 Å². The number of halogens is 1. The van der Waals surface area contributed by atoms with Crippen LogP contribution in [0.1, 0.15) is 0 Å². The largest absolute Gasteiger partial charge is 0.213 e. The van der Waals surface area contributed by atoms with Crippen LogP contribution in [0.5, 0.6) is 0 Å². The molecule has 2 aromatic rings. The van der Waals surface area contributed by atoms with E-state index in [0.717, 1.165) is 4.21 Å². The molecule has 13 heavy (non-hydrogen) atoms. The number of thiophene rings is 1. The van der Waals surface area contributed by atoms with E-state index in [1.165, 1.54) is 17.8 Å². The van der Waals surface area contributed by atoms with Gasteiger partial charge in [-0.3, -0.25) is 0 Å². The van der Waals surface area contributed by atoms with Crippen LogP contribution in [-0.2, 0) is 0 Å². The van der Waals surface area contributed by atoms with Crippen molar-refractivity contribution in [1.29, 1.82) is 0 Å². The second-order valence-corrected chi connectivity index (χ2v) is 4.60. The van der Waals surface area contributed by atoms with Crippen LogP contribution in [0.2, 0.25) is 0 Å².